The van der Waals surface area contributed by atoms with Crippen LogP contribution in [0, 0.1) is 0 Å². The molecule has 0 amide bonds. The number of imidazole rings is 1. The molecule has 26 heavy (non-hydrogen) atoms. The Morgan fingerprint density at radius 1 is 0.885 bits per heavy atom. The number of halogens is 2. The van der Waals surface area contributed by atoms with Crippen molar-refractivity contribution in [2.24, 2.45) is 0 Å². The van der Waals surface area contributed by atoms with E-state index in [9.17, 15) is 0 Å². The first-order valence-corrected chi connectivity index (χ1v) is 8.73. The predicted octanol–water partition coefficient (Wildman–Crippen LogP) is 4.76. The number of fused-ring (bicyclic) bond motifs is 1. The summed E-state index contributed by atoms with van der Waals surface area (Å²) < 4.78 is 7.71. The fraction of sp³-hybridized carbons (Fsp3) is 0.105. The molecule has 0 saturated carbocycles. The van der Waals surface area contributed by atoms with Crippen LogP contribution >= 0.6 is 23.2 Å². The van der Waals surface area contributed by atoms with Crippen molar-refractivity contribution in [2.75, 3.05) is 0 Å². The molecule has 4 rings (SSSR count). The first-order chi connectivity index (χ1) is 12.7. The Bertz CT molecular complexity index is 1030. The molecule has 4 aromatic rings. The van der Waals surface area contributed by atoms with Gasteiger partial charge >= 0.3 is 0 Å². The zero-order chi connectivity index (χ0) is 17.9. The van der Waals surface area contributed by atoms with Crippen molar-refractivity contribution in [1.82, 2.24) is 19.5 Å². The van der Waals surface area contributed by atoms with Gasteiger partial charge in [-0.1, -0.05) is 59.6 Å². The lowest BCUT2D eigenvalue weighted by atomic mass is 10.2. The maximum atomic E-state index is 6.27. The van der Waals surface area contributed by atoms with Crippen LogP contribution < -0.4 is 4.74 Å². The van der Waals surface area contributed by atoms with Crippen LogP contribution in [0.3, 0.4) is 0 Å². The van der Waals surface area contributed by atoms with E-state index in [-0.39, 0.29) is 0 Å². The van der Waals surface area contributed by atoms with Crippen LogP contribution in [-0.4, -0.2) is 19.5 Å². The zero-order valence-corrected chi connectivity index (χ0v) is 15.2. The third-order valence-electron chi connectivity index (χ3n) is 3.98. The lowest BCUT2D eigenvalue weighted by molar-refractivity contribution is 0.297. The standard InChI is InChI=1S/C19H14Cl2N4O/c20-15-7-4-8-16(21)14(15)9-25-12-24-17-18(25)22-11-23-19(17)26-10-13-5-2-1-3-6-13/h1-8,11-12H,9-10H2. The molecule has 0 N–H and O–H groups in total. The van der Waals surface area contributed by atoms with Crippen molar-refractivity contribution in [2.45, 2.75) is 13.2 Å². The van der Waals surface area contributed by atoms with Gasteiger partial charge < -0.3 is 9.30 Å². The lowest BCUT2D eigenvalue weighted by Gasteiger charge is -2.09. The largest absolute Gasteiger partial charge is 0.471 e. The summed E-state index contributed by atoms with van der Waals surface area (Å²) in [6.45, 7) is 0.875. The highest BCUT2D eigenvalue weighted by molar-refractivity contribution is 6.36. The third-order valence-corrected chi connectivity index (χ3v) is 4.68. The number of aromatic nitrogens is 4. The summed E-state index contributed by atoms with van der Waals surface area (Å²) in [5.41, 5.74) is 3.15. The summed E-state index contributed by atoms with van der Waals surface area (Å²) in [5.74, 6) is 0.447. The van der Waals surface area contributed by atoms with Crippen molar-refractivity contribution >= 4 is 34.4 Å². The summed E-state index contributed by atoms with van der Waals surface area (Å²) >= 11 is 12.5. The van der Waals surface area contributed by atoms with Gasteiger partial charge in [0.25, 0.3) is 0 Å². The number of ether oxygens (including phenoxy) is 1. The number of hydrogen-bond donors (Lipinski definition) is 0. The van der Waals surface area contributed by atoms with Crippen LogP contribution in [0.5, 0.6) is 5.88 Å². The Kier molecular flexibility index (Phi) is 4.73. The van der Waals surface area contributed by atoms with Crippen LogP contribution in [0.15, 0.2) is 61.2 Å². The molecule has 2 aromatic heterocycles. The molecule has 0 aliphatic rings. The van der Waals surface area contributed by atoms with E-state index < -0.39 is 0 Å². The molecule has 0 spiro atoms. The van der Waals surface area contributed by atoms with E-state index >= 15 is 0 Å². The van der Waals surface area contributed by atoms with E-state index in [2.05, 4.69) is 15.0 Å². The van der Waals surface area contributed by atoms with Gasteiger partial charge in [0.05, 0.1) is 12.9 Å². The summed E-state index contributed by atoms with van der Waals surface area (Å²) in [4.78, 5) is 13.0. The van der Waals surface area contributed by atoms with Gasteiger partial charge in [0.15, 0.2) is 11.2 Å². The molecule has 7 heteroatoms. The molecular weight excluding hydrogens is 371 g/mol. The van der Waals surface area contributed by atoms with Gasteiger partial charge in [-0.2, -0.15) is 4.98 Å². The SMILES string of the molecule is Clc1cccc(Cl)c1Cn1cnc2c(OCc3ccccc3)ncnc21. The van der Waals surface area contributed by atoms with Crippen molar-refractivity contribution in [3.63, 3.8) is 0 Å². The van der Waals surface area contributed by atoms with Crippen molar-refractivity contribution in [3.8, 4) is 5.88 Å². The quantitative estimate of drug-likeness (QED) is 0.497. The molecule has 0 unspecified atom stereocenters. The van der Waals surface area contributed by atoms with Gasteiger partial charge in [-0.25, -0.2) is 9.97 Å². The van der Waals surface area contributed by atoms with Crippen molar-refractivity contribution < 1.29 is 4.74 Å². The number of nitrogens with zero attached hydrogens (tertiary/aromatic N) is 4. The highest BCUT2D eigenvalue weighted by Gasteiger charge is 2.14. The van der Waals surface area contributed by atoms with Gasteiger partial charge in [-0.05, 0) is 17.7 Å². The first kappa shape index (κ1) is 16.8. The topological polar surface area (TPSA) is 52.8 Å². The second kappa shape index (κ2) is 7.32. The molecule has 2 aromatic carbocycles. The van der Waals surface area contributed by atoms with Crippen LogP contribution in [0.25, 0.3) is 11.2 Å². The smallest absolute Gasteiger partial charge is 0.245 e. The van der Waals surface area contributed by atoms with Gasteiger partial charge in [0, 0.05) is 15.6 Å². The highest BCUT2D eigenvalue weighted by Crippen LogP contribution is 2.27. The van der Waals surface area contributed by atoms with Gasteiger partial charge in [0.1, 0.15) is 12.9 Å². The average Bonchev–Trinajstić information content (AvgIpc) is 3.07. The minimum atomic E-state index is 0.413. The molecule has 2 heterocycles. The van der Waals surface area contributed by atoms with Gasteiger partial charge in [0.2, 0.25) is 5.88 Å². The average molecular weight is 385 g/mol. The minimum absolute atomic E-state index is 0.413. The van der Waals surface area contributed by atoms with Crippen LogP contribution in [0.2, 0.25) is 10.0 Å². The summed E-state index contributed by atoms with van der Waals surface area (Å²) in [6, 6.07) is 15.3. The second-order valence-electron chi connectivity index (χ2n) is 5.70. The first-order valence-electron chi connectivity index (χ1n) is 7.98. The highest BCUT2D eigenvalue weighted by atomic mass is 35.5. The fourth-order valence-electron chi connectivity index (χ4n) is 2.66. The molecule has 0 aliphatic carbocycles. The summed E-state index contributed by atoms with van der Waals surface area (Å²) in [5, 5.41) is 1.21. The van der Waals surface area contributed by atoms with E-state index in [1.54, 1.807) is 6.33 Å². The molecule has 0 saturated heterocycles. The van der Waals surface area contributed by atoms with E-state index in [1.165, 1.54) is 6.33 Å². The van der Waals surface area contributed by atoms with Crippen LogP contribution in [-0.2, 0) is 13.2 Å². The minimum Gasteiger partial charge on any atom is -0.471 e. The molecule has 0 atom stereocenters. The zero-order valence-electron chi connectivity index (χ0n) is 13.6. The van der Waals surface area contributed by atoms with E-state index in [4.69, 9.17) is 27.9 Å². The molecular formula is C19H14Cl2N4O. The normalized spacial score (nSPS) is 11.0. The second-order valence-corrected chi connectivity index (χ2v) is 6.51. The summed E-state index contributed by atoms with van der Waals surface area (Å²) in [6.07, 6.45) is 3.16. The van der Waals surface area contributed by atoms with Crippen molar-refractivity contribution in [3.05, 3.63) is 82.4 Å². The van der Waals surface area contributed by atoms with Crippen LogP contribution in [0.1, 0.15) is 11.1 Å². The maximum absolute atomic E-state index is 6.27. The monoisotopic (exact) mass is 384 g/mol. The lowest BCUT2D eigenvalue weighted by Crippen LogP contribution is -2.02. The maximum Gasteiger partial charge on any atom is 0.245 e. The Morgan fingerprint density at radius 3 is 2.42 bits per heavy atom. The molecule has 0 radical (unpaired) electrons. The summed E-state index contributed by atoms with van der Waals surface area (Å²) in [7, 11) is 0. The van der Waals surface area contributed by atoms with Gasteiger partial charge in [-0.15, -0.1) is 0 Å². The Labute approximate surface area is 160 Å². The molecule has 0 aliphatic heterocycles. The number of rotatable bonds is 5. The Hall–Kier alpha value is -2.63. The predicted molar refractivity (Wildman–Crippen MR) is 102 cm³/mol. The van der Waals surface area contributed by atoms with Crippen molar-refractivity contribution in [1.29, 1.82) is 0 Å². The van der Waals surface area contributed by atoms with E-state index in [0.29, 0.717) is 40.2 Å². The third kappa shape index (κ3) is 3.36. The molecule has 0 bridgehead atoms. The Balaban J connectivity index is 1.63. The molecule has 5 nitrogen and oxygen atoms in total. The Morgan fingerprint density at radius 2 is 1.65 bits per heavy atom. The van der Waals surface area contributed by atoms with Gasteiger partial charge in [-0.3, -0.25) is 0 Å². The fourth-order valence-corrected chi connectivity index (χ4v) is 3.18. The number of hydrogen-bond acceptors (Lipinski definition) is 4. The van der Waals surface area contributed by atoms with E-state index in [1.807, 2.05) is 53.1 Å². The van der Waals surface area contributed by atoms with E-state index in [0.717, 1.165) is 11.1 Å². The molecule has 0 fully saturated rings. The number of benzene rings is 2. The molecule has 130 valence electrons. The van der Waals surface area contributed by atoms with Crippen LogP contribution in [0.4, 0.5) is 0 Å².